The minimum absolute atomic E-state index is 0.0711. The molecule has 21 heavy (non-hydrogen) atoms. The summed E-state index contributed by atoms with van der Waals surface area (Å²) in [6.07, 6.45) is 0. The average molecular weight is 306 g/mol. The number of nitro benzene ring substituents is 1. The monoisotopic (exact) mass is 306 g/mol. The third kappa shape index (κ3) is 3.65. The molecule has 2 aromatic carbocycles. The van der Waals surface area contributed by atoms with E-state index < -0.39 is 21.0 Å². The Morgan fingerprint density at radius 3 is 2.38 bits per heavy atom. The topological polar surface area (TPSA) is 89.3 Å². The van der Waals surface area contributed by atoms with Crippen LogP contribution in [-0.2, 0) is 10.0 Å². The van der Waals surface area contributed by atoms with Gasteiger partial charge in [-0.25, -0.2) is 13.1 Å². The van der Waals surface area contributed by atoms with Crippen LogP contribution in [0.15, 0.2) is 59.5 Å². The third-order valence-corrected chi connectivity index (χ3v) is 4.52. The van der Waals surface area contributed by atoms with Crippen LogP contribution in [0.4, 0.5) is 5.69 Å². The lowest BCUT2D eigenvalue weighted by Gasteiger charge is -2.14. The van der Waals surface area contributed by atoms with E-state index in [0.29, 0.717) is 5.56 Å². The van der Waals surface area contributed by atoms with E-state index in [4.69, 9.17) is 0 Å². The van der Waals surface area contributed by atoms with E-state index in [1.807, 2.05) is 0 Å². The summed E-state index contributed by atoms with van der Waals surface area (Å²) in [5.41, 5.74) is 0.460. The molecule has 0 amide bonds. The van der Waals surface area contributed by atoms with Crippen LogP contribution in [-0.4, -0.2) is 13.3 Å². The van der Waals surface area contributed by atoms with Gasteiger partial charge in [0.2, 0.25) is 10.0 Å². The van der Waals surface area contributed by atoms with Gasteiger partial charge in [0.1, 0.15) is 0 Å². The van der Waals surface area contributed by atoms with E-state index in [1.54, 1.807) is 31.2 Å². The Labute approximate surface area is 122 Å². The molecule has 0 fully saturated rings. The zero-order chi connectivity index (χ0) is 15.5. The number of nitrogens with one attached hydrogen (secondary N) is 1. The molecule has 0 saturated heterocycles. The smallest absolute Gasteiger partial charge is 0.258 e. The number of rotatable bonds is 5. The first-order chi connectivity index (χ1) is 9.90. The second-order valence-corrected chi connectivity index (χ2v) is 6.22. The van der Waals surface area contributed by atoms with Crippen LogP contribution in [0.3, 0.4) is 0 Å². The SMILES string of the molecule is CC(NS(=O)(=O)c1ccccc1)c1cccc([N+](=O)[O-])c1. The van der Waals surface area contributed by atoms with Crippen molar-refractivity contribution < 1.29 is 13.3 Å². The van der Waals surface area contributed by atoms with Crippen LogP contribution in [0, 0.1) is 10.1 Å². The van der Waals surface area contributed by atoms with Gasteiger partial charge in [-0.05, 0) is 24.6 Å². The molecule has 1 atom stereocenters. The van der Waals surface area contributed by atoms with E-state index in [9.17, 15) is 18.5 Å². The Hall–Kier alpha value is -2.25. The predicted octanol–water partition coefficient (Wildman–Crippen LogP) is 2.63. The normalized spacial score (nSPS) is 12.8. The van der Waals surface area contributed by atoms with Gasteiger partial charge in [-0.1, -0.05) is 30.3 Å². The molecule has 110 valence electrons. The summed E-state index contributed by atoms with van der Waals surface area (Å²) in [6.45, 7) is 1.64. The fourth-order valence-electron chi connectivity index (χ4n) is 1.88. The quantitative estimate of drug-likeness (QED) is 0.679. The molecule has 0 aliphatic carbocycles. The maximum Gasteiger partial charge on any atom is 0.269 e. The largest absolute Gasteiger partial charge is 0.269 e. The fraction of sp³-hybridized carbons (Fsp3) is 0.143. The van der Waals surface area contributed by atoms with E-state index in [0.717, 1.165) is 0 Å². The van der Waals surface area contributed by atoms with Gasteiger partial charge in [-0.15, -0.1) is 0 Å². The first kappa shape index (κ1) is 15.1. The molecule has 0 aromatic heterocycles. The van der Waals surface area contributed by atoms with Crippen LogP contribution < -0.4 is 4.72 Å². The van der Waals surface area contributed by atoms with Crippen molar-refractivity contribution in [1.29, 1.82) is 0 Å². The van der Waals surface area contributed by atoms with Crippen molar-refractivity contribution in [2.45, 2.75) is 17.9 Å². The summed E-state index contributed by atoms with van der Waals surface area (Å²) >= 11 is 0. The Balaban J connectivity index is 2.24. The number of hydrogen-bond donors (Lipinski definition) is 1. The Kier molecular flexibility index (Phi) is 4.35. The number of nitrogens with zero attached hydrogens (tertiary/aromatic N) is 1. The van der Waals surface area contributed by atoms with E-state index >= 15 is 0 Å². The van der Waals surface area contributed by atoms with E-state index in [2.05, 4.69) is 4.72 Å². The van der Waals surface area contributed by atoms with Crippen molar-refractivity contribution in [3.8, 4) is 0 Å². The Bertz CT molecular complexity index is 745. The first-order valence-electron chi connectivity index (χ1n) is 6.22. The highest BCUT2D eigenvalue weighted by Crippen LogP contribution is 2.21. The zero-order valence-electron chi connectivity index (χ0n) is 11.3. The molecule has 0 radical (unpaired) electrons. The highest BCUT2D eigenvalue weighted by molar-refractivity contribution is 7.89. The molecule has 1 N–H and O–H groups in total. The lowest BCUT2D eigenvalue weighted by molar-refractivity contribution is -0.384. The molecule has 0 aliphatic rings. The molecule has 1 unspecified atom stereocenters. The van der Waals surface area contributed by atoms with Crippen molar-refractivity contribution >= 4 is 15.7 Å². The van der Waals surface area contributed by atoms with Gasteiger partial charge in [-0.2, -0.15) is 0 Å². The molecule has 0 aliphatic heterocycles. The predicted molar refractivity (Wildman–Crippen MR) is 78.3 cm³/mol. The summed E-state index contributed by atoms with van der Waals surface area (Å²) in [6, 6.07) is 13.3. The van der Waals surface area contributed by atoms with Gasteiger partial charge < -0.3 is 0 Å². The van der Waals surface area contributed by atoms with Crippen molar-refractivity contribution in [2.75, 3.05) is 0 Å². The maximum atomic E-state index is 12.2. The van der Waals surface area contributed by atoms with Gasteiger partial charge in [0.15, 0.2) is 0 Å². The van der Waals surface area contributed by atoms with E-state index in [1.165, 1.54) is 30.3 Å². The van der Waals surface area contributed by atoms with Crippen LogP contribution >= 0.6 is 0 Å². The van der Waals surface area contributed by atoms with Gasteiger partial charge >= 0.3 is 0 Å². The third-order valence-electron chi connectivity index (χ3n) is 2.97. The number of sulfonamides is 1. The second kappa shape index (κ2) is 6.02. The Morgan fingerprint density at radius 2 is 1.76 bits per heavy atom. The van der Waals surface area contributed by atoms with Crippen LogP contribution in [0.5, 0.6) is 0 Å². The fourth-order valence-corrected chi connectivity index (χ4v) is 3.13. The van der Waals surface area contributed by atoms with Gasteiger partial charge in [0, 0.05) is 18.2 Å². The number of nitro groups is 1. The minimum Gasteiger partial charge on any atom is -0.258 e. The zero-order valence-corrected chi connectivity index (χ0v) is 12.1. The number of non-ortho nitro benzene ring substituents is 1. The molecule has 2 aromatic rings. The van der Waals surface area contributed by atoms with Crippen molar-refractivity contribution in [1.82, 2.24) is 4.72 Å². The molecule has 7 heteroatoms. The highest BCUT2D eigenvalue weighted by Gasteiger charge is 2.19. The summed E-state index contributed by atoms with van der Waals surface area (Å²) in [4.78, 5) is 10.4. The molecule has 6 nitrogen and oxygen atoms in total. The van der Waals surface area contributed by atoms with Gasteiger partial charge in [0.05, 0.1) is 9.82 Å². The highest BCUT2D eigenvalue weighted by atomic mass is 32.2. The molecule has 0 saturated carbocycles. The maximum absolute atomic E-state index is 12.2. The molecule has 0 heterocycles. The summed E-state index contributed by atoms with van der Waals surface area (Å²) in [5.74, 6) is 0. The summed E-state index contributed by atoms with van der Waals surface area (Å²) < 4.78 is 26.9. The van der Waals surface area contributed by atoms with Crippen LogP contribution in [0.25, 0.3) is 0 Å². The molecular formula is C14H14N2O4S. The molecule has 0 bridgehead atoms. The van der Waals surface area contributed by atoms with E-state index in [-0.39, 0.29) is 10.6 Å². The Morgan fingerprint density at radius 1 is 1.10 bits per heavy atom. The molecule has 2 rings (SSSR count). The number of benzene rings is 2. The van der Waals surface area contributed by atoms with Crippen LogP contribution in [0.2, 0.25) is 0 Å². The first-order valence-corrected chi connectivity index (χ1v) is 7.70. The average Bonchev–Trinajstić information content (AvgIpc) is 2.48. The van der Waals surface area contributed by atoms with Crippen molar-refractivity contribution in [2.24, 2.45) is 0 Å². The lowest BCUT2D eigenvalue weighted by Crippen LogP contribution is -2.26. The van der Waals surface area contributed by atoms with Gasteiger partial charge in [0.25, 0.3) is 5.69 Å². The second-order valence-electron chi connectivity index (χ2n) is 4.51. The van der Waals surface area contributed by atoms with Gasteiger partial charge in [-0.3, -0.25) is 10.1 Å². The molecule has 0 spiro atoms. The van der Waals surface area contributed by atoms with Crippen molar-refractivity contribution in [3.63, 3.8) is 0 Å². The minimum atomic E-state index is -3.66. The van der Waals surface area contributed by atoms with Crippen molar-refractivity contribution in [3.05, 3.63) is 70.3 Å². The summed E-state index contributed by atoms with van der Waals surface area (Å²) in [5, 5.41) is 10.7. The van der Waals surface area contributed by atoms with Crippen LogP contribution in [0.1, 0.15) is 18.5 Å². The summed E-state index contributed by atoms with van der Waals surface area (Å²) in [7, 11) is -3.66. The standard InChI is InChI=1S/C14H14N2O4S/c1-11(12-6-5-7-13(10-12)16(17)18)15-21(19,20)14-8-3-2-4-9-14/h2-11,15H,1H3. The molecular weight excluding hydrogens is 292 g/mol. The number of hydrogen-bond acceptors (Lipinski definition) is 4. The lowest BCUT2D eigenvalue weighted by atomic mass is 10.1.